The molecule has 0 saturated carbocycles. The number of nitrogens with one attached hydrogen (secondary N) is 1. The molecule has 3 rings (SSSR count). The summed E-state index contributed by atoms with van der Waals surface area (Å²) in [7, 11) is 0. The molecule has 184 valence electrons. The zero-order chi connectivity index (χ0) is 25.2. The van der Waals surface area contributed by atoms with Crippen LogP contribution >= 0.6 is 39.3 Å². The van der Waals surface area contributed by atoms with Gasteiger partial charge in [-0.25, -0.2) is 0 Å². The smallest absolute Gasteiger partial charge is 0.243 e. The summed E-state index contributed by atoms with van der Waals surface area (Å²) in [5.41, 5.74) is 2.96. The van der Waals surface area contributed by atoms with Crippen LogP contribution in [0.5, 0.6) is 0 Å². The molecule has 4 nitrogen and oxygen atoms in total. The third kappa shape index (κ3) is 8.71. The Bertz CT molecular complexity index is 1110. The van der Waals surface area contributed by atoms with Gasteiger partial charge in [-0.15, -0.1) is 11.8 Å². The van der Waals surface area contributed by atoms with Crippen LogP contribution in [0.2, 0.25) is 5.02 Å². The van der Waals surface area contributed by atoms with Crippen molar-refractivity contribution in [1.82, 2.24) is 10.2 Å². The summed E-state index contributed by atoms with van der Waals surface area (Å²) in [6.45, 7) is 4.21. The molecule has 0 heterocycles. The van der Waals surface area contributed by atoms with Crippen molar-refractivity contribution < 1.29 is 9.59 Å². The number of hydrogen-bond donors (Lipinski definition) is 1. The van der Waals surface area contributed by atoms with E-state index in [0.29, 0.717) is 23.7 Å². The first-order valence-corrected chi connectivity index (χ1v) is 13.9. The zero-order valence-corrected chi connectivity index (χ0v) is 23.1. The van der Waals surface area contributed by atoms with Gasteiger partial charge in [0, 0.05) is 34.3 Å². The van der Waals surface area contributed by atoms with Crippen LogP contribution in [0.4, 0.5) is 0 Å². The summed E-state index contributed by atoms with van der Waals surface area (Å²) in [6, 6.07) is 24.7. The molecule has 0 radical (unpaired) electrons. The molecule has 0 aliphatic heterocycles. The van der Waals surface area contributed by atoms with Crippen molar-refractivity contribution in [3.05, 3.63) is 105 Å². The van der Waals surface area contributed by atoms with E-state index in [2.05, 4.69) is 21.2 Å². The van der Waals surface area contributed by atoms with Crippen molar-refractivity contribution >= 4 is 51.1 Å². The average Bonchev–Trinajstić information content (AvgIpc) is 2.84. The van der Waals surface area contributed by atoms with Gasteiger partial charge in [0.1, 0.15) is 6.04 Å². The number of thioether (sulfide) groups is 1. The number of carbonyl (C=O) groups is 2. The van der Waals surface area contributed by atoms with Gasteiger partial charge in [-0.3, -0.25) is 9.59 Å². The van der Waals surface area contributed by atoms with Crippen LogP contribution in [0.3, 0.4) is 0 Å². The molecule has 0 bridgehead atoms. The van der Waals surface area contributed by atoms with Gasteiger partial charge in [0.15, 0.2) is 0 Å². The molecule has 1 atom stereocenters. The molecule has 0 aromatic heterocycles. The van der Waals surface area contributed by atoms with E-state index in [4.69, 9.17) is 11.6 Å². The summed E-state index contributed by atoms with van der Waals surface area (Å²) in [5, 5.41) is 3.71. The van der Waals surface area contributed by atoms with E-state index in [1.807, 2.05) is 92.7 Å². The highest BCUT2D eigenvalue weighted by molar-refractivity contribution is 9.10. The zero-order valence-electron chi connectivity index (χ0n) is 19.9. The Balaban J connectivity index is 1.84. The first-order valence-electron chi connectivity index (χ1n) is 11.5. The van der Waals surface area contributed by atoms with E-state index in [1.54, 1.807) is 4.90 Å². The predicted octanol–water partition coefficient (Wildman–Crippen LogP) is 6.50. The molecular weight excluding hydrogens is 544 g/mol. The van der Waals surface area contributed by atoms with Crippen LogP contribution < -0.4 is 5.32 Å². The minimum absolute atomic E-state index is 0.0278. The van der Waals surface area contributed by atoms with E-state index in [1.165, 1.54) is 11.8 Å². The molecule has 0 aliphatic rings. The van der Waals surface area contributed by atoms with Gasteiger partial charge < -0.3 is 10.2 Å². The van der Waals surface area contributed by atoms with Crippen molar-refractivity contribution in [3.8, 4) is 0 Å². The Morgan fingerprint density at radius 2 is 1.60 bits per heavy atom. The van der Waals surface area contributed by atoms with E-state index < -0.39 is 6.04 Å². The third-order valence-corrected chi connectivity index (χ3v) is 7.27. The number of benzene rings is 3. The number of carbonyl (C=O) groups excluding carboxylic acids is 2. The van der Waals surface area contributed by atoms with Gasteiger partial charge in [-0.1, -0.05) is 88.2 Å². The van der Waals surface area contributed by atoms with Crippen molar-refractivity contribution in [2.45, 2.75) is 44.6 Å². The minimum atomic E-state index is -0.628. The molecule has 0 spiro atoms. The Hall–Kier alpha value is -2.28. The standard InChI is InChI=1S/C28H30BrClN2O2S/c1-20(2)31-28(34)26(16-21-8-4-3-5-9-21)32(17-22-12-14-24(29)15-13-22)27(33)19-35-18-23-10-6-7-11-25(23)30/h3-15,20,26H,16-19H2,1-2H3,(H,31,34). The monoisotopic (exact) mass is 572 g/mol. The maximum Gasteiger partial charge on any atom is 0.243 e. The molecule has 7 heteroatoms. The lowest BCUT2D eigenvalue weighted by Crippen LogP contribution is -2.52. The van der Waals surface area contributed by atoms with E-state index in [9.17, 15) is 9.59 Å². The highest BCUT2D eigenvalue weighted by Crippen LogP contribution is 2.23. The summed E-state index contributed by atoms with van der Waals surface area (Å²) >= 11 is 11.3. The van der Waals surface area contributed by atoms with Crippen molar-refractivity contribution in [2.24, 2.45) is 0 Å². The number of rotatable bonds is 11. The molecule has 2 amide bonds. The lowest BCUT2D eigenvalue weighted by molar-refractivity contribution is -0.139. The molecule has 0 saturated heterocycles. The maximum atomic E-state index is 13.6. The molecule has 0 aliphatic carbocycles. The van der Waals surface area contributed by atoms with Crippen LogP contribution in [0, 0.1) is 0 Å². The normalized spacial score (nSPS) is 11.8. The van der Waals surface area contributed by atoms with Crippen molar-refractivity contribution in [1.29, 1.82) is 0 Å². The van der Waals surface area contributed by atoms with Crippen LogP contribution in [0.1, 0.15) is 30.5 Å². The second-order valence-corrected chi connectivity index (χ2v) is 10.9. The Kier molecular flexibility index (Phi) is 10.7. The SMILES string of the molecule is CC(C)NC(=O)C(Cc1ccccc1)N(Cc1ccc(Br)cc1)C(=O)CSCc1ccccc1Cl. The van der Waals surface area contributed by atoms with E-state index in [0.717, 1.165) is 21.2 Å². The summed E-state index contributed by atoms with van der Waals surface area (Å²) < 4.78 is 0.966. The summed E-state index contributed by atoms with van der Waals surface area (Å²) in [4.78, 5) is 28.7. The maximum absolute atomic E-state index is 13.6. The number of halogens is 2. The van der Waals surface area contributed by atoms with Gasteiger partial charge in [0.2, 0.25) is 11.8 Å². The minimum Gasteiger partial charge on any atom is -0.352 e. The lowest BCUT2D eigenvalue weighted by atomic mass is 10.0. The largest absolute Gasteiger partial charge is 0.352 e. The summed E-state index contributed by atoms with van der Waals surface area (Å²) in [5.74, 6) is 0.649. The fourth-order valence-electron chi connectivity index (χ4n) is 3.67. The summed E-state index contributed by atoms with van der Waals surface area (Å²) in [6.07, 6.45) is 0.441. The number of hydrogen-bond acceptors (Lipinski definition) is 3. The fraction of sp³-hybridized carbons (Fsp3) is 0.286. The molecule has 3 aromatic rings. The van der Waals surface area contributed by atoms with Gasteiger partial charge in [0.25, 0.3) is 0 Å². The Labute approximate surface area is 225 Å². The highest BCUT2D eigenvalue weighted by atomic mass is 79.9. The molecule has 3 aromatic carbocycles. The number of nitrogens with zero attached hydrogens (tertiary/aromatic N) is 1. The first kappa shape index (κ1) is 27.3. The molecule has 0 fully saturated rings. The number of amides is 2. The topological polar surface area (TPSA) is 49.4 Å². The Morgan fingerprint density at radius 1 is 0.943 bits per heavy atom. The second kappa shape index (κ2) is 13.7. The second-order valence-electron chi connectivity index (χ2n) is 8.60. The van der Waals surface area contributed by atoms with Crippen LogP contribution in [-0.2, 0) is 28.3 Å². The predicted molar refractivity (Wildman–Crippen MR) is 150 cm³/mol. The van der Waals surface area contributed by atoms with Crippen LogP contribution in [0.15, 0.2) is 83.3 Å². The molecule has 35 heavy (non-hydrogen) atoms. The van der Waals surface area contributed by atoms with Gasteiger partial charge in [0.05, 0.1) is 5.75 Å². The van der Waals surface area contributed by atoms with E-state index in [-0.39, 0.29) is 23.6 Å². The van der Waals surface area contributed by atoms with Gasteiger partial charge in [-0.05, 0) is 48.7 Å². The van der Waals surface area contributed by atoms with Crippen LogP contribution in [-0.4, -0.2) is 34.6 Å². The Morgan fingerprint density at radius 3 is 2.26 bits per heavy atom. The van der Waals surface area contributed by atoms with Gasteiger partial charge >= 0.3 is 0 Å². The van der Waals surface area contributed by atoms with Crippen molar-refractivity contribution in [3.63, 3.8) is 0 Å². The quantitative estimate of drug-likeness (QED) is 0.285. The molecule has 1 unspecified atom stereocenters. The molecule has 1 N–H and O–H groups in total. The van der Waals surface area contributed by atoms with Crippen molar-refractivity contribution in [2.75, 3.05) is 5.75 Å². The van der Waals surface area contributed by atoms with Gasteiger partial charge in [-0.2, -0.15) is 0 Å². The highest BCUT2D eigenvalue weighted by Gasteiger charge is 2.30. The lowest BCUT2D eigenvalue weighted by Gasteiger charge is -2.32. The molecular formula is C28H30BrClN2O2S. The fourth-order valence-corrected chi connectivity index (χ4v) is 5.13. The first-order chi connectivity index (χ1) is 16.8. The van der Waals surface area contributed by atoms with Crippen LogP contribution in [0.25, 0.3) is 0 Å². The van der Waals surface area contributed by atoms with E-state index >= 15 is 0 Å². The third-order valence-electron chi connectivity index (χ3n) is 5.41. The average molecular weight is 574 g/mol.